The number of aliphatic hydroxyl groups excluding tert-OH is 1. The lowest BCUT2D eigenvalue weighted by Gasteiger charge is -2.41. The highest BCUT2D eigenvalue weighted by Gasteiger charge is 2.76. The van der Waals surface area contributed by atoms with Crippen molar-refractivity contribution in [3.05, 3.63) is 73.8 Å². The molecule has 11 heteroatoms. The van der Waals surface area contributed by atoms with Gasteiger partial charge in [-0.3, -0.25) is 14.4 Å². The zero-order valence-corrected chi connectivity index (χ0v) is 32.2. The van der Waals surface area contributed by atoms with Crippen LogP contribution < -0.4 is 19.4 Å². The van der Waals surface area contributed by atoms with Crippen LogP contribution in [0.25, 0.3) is 0 Å². The van der Waals surface area contributed by atoms with E-state index in [4.69, 9.17) is 4.74 Å². The topological polar surface area (TPSA) is 93.6 Å². The fourth-order valence-electron chi connectivity index (χ4n) is 8.16. The molecule has 3 unspecified atom stereocenters. The van der Waals surface area contributed by atoms with Gasteiger partial charge in [0, 0.05) is 53.3 Å². The molecule has 5 rings (SSSR count). The van der Waals surface area contributed by atoms with Crippen LogP contribution in [0.15, 0.2) is 73.8 Å². The zero-order chi connectivity index (χ0) is 36.3. The van der Waals surface area contributed by atoms with Gasteiger partial charge in [-0.2, -0.15) is 0 Å². The van der Waals surface area contributed by atoms with E-state index in [0.717, 1.165) is 18.8 Å². The van der Waals surface area contributed by atoms with Crippen LogP contribution >= 0.6 is 27.7 Å². The molecule has 0 saturated carbocycles. The third kappa shape index (κ3) is 6.61. The van der Waals surface area contributed by atoms with Crippen molar-refractivity contribution in [3.63, 3.8) is 0 Å². The molecule has 0 radical (unpaired) electrons. The second kappa shape index (κ2) is 15.9. The van der Waals surface area contributed by atoms with Crippen molar-refractivity contribution in [2.24, 2.45) is 17.8 Å². The number of halogens is 1. The highest BCUT2D eigenvalue weighted by atomic mass is 79.9. The van der Waals surface area contributed by atoms with Gasteiger partial charge in [-0.1, -0.05) is 41.9 Å². The van der Waals surface area contributed by atoms with Crippen molar-refractivity contribution in [2.75, 3.05) is 54.1 Å². The average Bonchev–Trinajstić information content (AvgIpc) is 3.70. The zero-order valence-electron chi connectivity index (χ0n) is 29.8. The first-order valence-corrected chi connectivity index (χ1v) is 19.5. The highest BCUT2D eigenvalue weighted by molar-refractivity contribution is 9.09. The quantitative estimate of drug-likeness (QED) is 0.162. The first kappa shape index (κ1) is 38.0. The molecule has 270 valence electrons. The Bertz CT molecular complexity index is 1550. The van der Waals surface area contributed by atoms with Crippen LogP contribution in [0.1, 0.15) is 41.0 Å². The number of carbonyl (C=O) groups is 3. The van der Waals surface area contributed by atoms with E-state index in [9.17, 15) is 14.7 Å². The SMILES string of the molecule is C=CCN(C(=O)C1N([C@@H](CO)C(C)C)C(=O)[C@@H]2[C@@H](C(=O)N(CC=C)c3ccc(OCC)cc3)[C@@H]3SC12CC3Br)c1ccc(N(CC)CC)cc1. The number of carbonyl (C=O) groups excluding carboxylic acids is 3. The van der Waals surface area contributed by atoms with E-state index in [-0.39, 0.29) is 53.4 Å². The number of anilines is 3. The molecule has 3 fully saturated rings. The monoisotopic (exact) mass is 766 g/mol. The molecular weight excluding hydrogens is 716 g/mol. The van der Waals surface area contributed by atoms with E-state index < -0.39 is 28.7 Å². The molecular formula is C39H51BrN4O5S. The molecule has 50 heavy (non-hydrogen) atoms. The molecule has 3 saturated heterocycles. The van der Waals surface area contributed by atoms with Crippen LogP contribution in [-0.4, -0.2) is 94.0 Å². The number of nitrogens with zero attached hydrogens (tertiary/aromatic N) is 4. The molecule has 0 aliphatic carbocycles. The summed E-state index contributed by atoms with van der Waals surface area (Å²) in [6.45, 7) is 20.4. The van der Waals surface area contributed by atoms with Gasteiger partial charge in [0.2, 0.25) is 11.8 Å². The van der Waals surface area contributed by atoms with Crippen molar-refractivity contribution in [1.29, 1.82) is 0 Å². The Kier molecular flexibility index (Phi) is 12.1. The molecule has 3 heterocycles. The highest BCUT2D eigenvalue weighted by Crippen LogP contribution is 2.68. The predicted octanol–water partition coefficient (Wildman–Crippen LogP) is 6.15. The molecule has 3 amide bonds. The number of aliphatic hydroxyl groups is 1. The van der Waals surface area contributed by atoms with Gasteiger partial charge in [-0.15, -0.1) is 24.9 Å². The van der Waals surface area contributed by atoms with Crippen LogP contribution in [0.2, 0.25) is 0 Å². The standard InChI is InChI=1S/C39H51BrN4O5S/c1-8-21-42(28-17-19-29(20-18-28)49-12-5)36(46)32-33-37(47)44(31(24-45)25(6)7)35(39(33)23-30(40)34(32)50-39)38(48)43(22-9-2)27-15-13-26(14-16-27)41(10-3)11-4/h8-9,13-20,25,30-35,45H,1-2,10-12,21-24H2,3-7H3/t30?,31-,32+,33-,34+,35?,39?/m0/s1. The number of hydrogen-bond acceptors (Lipinski definition) is 7. The minimum Gasteiger partial charge on any atom is -0.494 e. The van der Waals surface area contributed by atoms with Gasteiger partial charge < -0.3 is 29.4 Å². The van der Waals surface area contributed by atoms with Crippen molar-refractivity contribution < 1.29 is 24.2 Å². The molecule has 3 aliphatic rings. The summed E-state index contributed by atoms with van der Waals surface area (Å²) in [4.78, 5) is 52.1. The summed E-state index contributed by atoms with van der Waals surface area (Å²) in [6, 6.07) is 13.8. The Morgan fingerprint density at radius 2 is 1.52 bits per heavy atom. The lowest BCUT2D eigenvalue weighted by molar-refractivity contribution is -0.142. The molecule has 2 aromatic rings. The second-order valence-electron chi connectivity index (χ2n) is 13.5. The normalized spacial score (nSPS) is 25.7. The molecule has 0 aromatic heterocycles. The van der Waals surface area contributed by atoms with E-state index in [1.54, 1.807) is 38.6 Å². The summed E-state index contributed by atoms with van der Waals surface area (Å²) < 4.78 is 4.75. The number of alkyl halides is 1. The Balaban J connectivity index is 1.59. The van der Waals surface area contributed by atoms with Gasteiger partial charge in [-0.05, 0) is 81.6 Å². The fraction of sp³-hybridized carbons (Fsp3) is 0.513. The molecule has 7 atom stereocenters. The summed E-state index contributed by atoms with van der Waals surface area (Å²) in [5, 5.41) is 10.5. The summed E-state index contributed by atoms with van der Waals surface area (Å²) >= 11 is 5.50. The predicted molar refractivity (Wildman–Crippen MR) is 207 cm³/mol. The number of ether oxygens (including phenoxy) is 1. The van der Waals surface area contributed by atoms with Crippen LogP contribution in [-0.2, 0) is 14.4 Å². The van der Waals surface area contributed by atoms with Gasteiger partial charge in [0.05, 0.1) is 35.8 Å². The van der Waals surface area contributed by atoms with Crippen molar-refractivity contribution >= 4 is 62.5 Å². The number of hydrogen-bond donors (Lipinski definition) is 1. The van der Waals surface area contributed by atoms with Crippen LogP contribution in [0.3, 0.4) is 0 Å². The Hall–Kier alpha value is -3.28. The van der Waals surface area contributed by atoms with Crippen LogP contribution in [0.5, 0.6) is 5.75 Å². The molecule has 3 aliphatic heterocycles. The van der Waals surface area contributed by atoms with E-state index in [1.807, 2.05) is 69.3 Å². The molecule has 2 aromatic carbocycles. The van der Waals surface area contributed by atoms with Crippen molar-refractivity contribution in [3.8, 4) is 5.75 Å². The summed E-state index contributed by atoms with van der Waals surface area (Å²) in [5.74, 6) is -1.51. The van der Waals surface area contributed by atoms with E-state index in [1.165, 1.54) is 0 Å². The number of thioether (sulfide) groups is 1. The maximum atomic E-state index is 15.2. The van der Waals surface area contributed by atoms with Gasteiger partial charge >= 0.3 is 0 Å². The van der Waals surface area contributed by atoms with Crippen LogP contribution in [0, 0.1) is 17.8 Å². The summed E-state index contributed by atoms with van der Waals surface area (Å²) in [7, 11) is 0. The lowest BCUT2D eigenvalue weighted by atomic mass is 9.70. The minimum absolute atomic E-state index is 0.0977. The summed E-state index contributed by atoms with van der Waals surface area (Å²) in [6.07, 6.45) is 3.92. The molecule has 1 N–H and O–H groups in total. The van der Waals surface area contributed by atoms with Gasteiger partial charge in [0.15, 0.2) is 0 Å². The average molecular weight is 768 g/mol. The fourth-order valence-corrected chi connectivity index (χ4v) is 11.7. The van der Waals surface area contributed by atoms with Gasteiger partial charge in [-0.25, -0.2) is 0 Å². The Morgan fingerprint density at radius 3 is 2.02 bits per heavy atom. The summed E-state index contributed by atoms with van der Waals surface area (Å²) in [5.41, 5.74) is 2.45. The first-order chi connectivity index (χ1) is 24.0. The Labute approximate surface area is 309 Å². The maximum Gasteiger partial charge on any atom is 0.251 e. The van der Waals surface area contributed by atoms with Gasteiger partial charge in [0.25, 0.3) is 5.91 Å². The number of likely N-dealkylation sites (tertiary alicyclic amines) is 1. The number of rotatable bonds is 16. The van der Waals surface area contributed by atoms with E-state index in [2.05, 4.69) is 47.8 Å². The minimum atomic E-state index is -0.895. The van der Waals surface area contributed by atoms with E-state index in [0.29, 0.717) is 30.2 Å². The largest absolute Gasteiger partial charge is 0.494 e. The smallest absolute Gasteiger partial charge is 0.251 e. The molecule has 2 bridgehead atoms. The van der Waals surface area contributed by atoms with Crippen LogP contribution in [0.4, 0.5) is 17.1 Å². The third-order valence-electron chi connectivity index (χ3n) is 10.5. The Morgan fingerprint density at radius 1 is 0.980 bits per heavy atom. The van der Waals surface area contributed by atoms with Crippen molar-refractivity contribution in [2.45, 2.75) is 67.9 Å². The van der Waals surface area contributed by atoms with E-state index >= 15 is 4.79 Å². The number of fused-ring (bicyclic) bond motifs is 1. The number of benzene rings is 2. The maximum absolute atomic E-state index is 15.2. The number of amides is 3. The lowest BCUT2D eigenvalue weighted by Crippen LogP contribution is -2.59. The second-order valence-corrected chi connectivity index (χ2v) is 16.2. The van der Waals surface area contributed by atoms with Crippen molar-refractivity contribution in [1.82, 2.24) is 4.90 Å². The molecule has 9 nitrogen and oxygen atoms in total. The first-order valence-electron chi connectivity index (χ1n) is 17.7. The molecule has 1 spiro atoms. The third-order valence-corrected chi connectivity index (χ3v) is 13.7. The van der Waals surface area contributed by atoms with Gasteiger partial charge in [0.1, 0.15) is 11.8 Å².